The molecule has 5 heteroatoms. The molecule has 0 spiro atoms. The van der Waals surface area contributed by atoms with E-state index in [9.17, 15) is 4.79 Å². The number of pyridine rings is 1. The number of nitrogens with zero attached hydrogens (tertiary/aromatic N) is 4. The minimum atomic E-state index is -0.0159. The molecule has 5 nitrogen and oxygen atoms in total. The predicted molar refractivity (Wildman–Crippen MR) is 124 cm³/mol. The maximum absolute atomic E-state index is 13.2. The SMILES string of the molecule is CCN1CCC(C2=CN3C(=O)/C=C(c4ccn5cc(C)nc5c4)\C=C\C=C3C=C2)CC1. The highest BCUT2D eigenvalue weighted by atomic mass is 16.2. The lowest BCUT2D eigenvalue weighted by Crippen LogP contribution is -2.35. The molecule has 0 aromatic carbocycles. The Balaban J connectivity index is 1.43. The van der Waals surface area contributed by atoms with Gasteiger partial charge in [0.1, 0.15) is 5.65 Å². The lowest BCUT2D eigenvalue weighted by Gasteiger charge is -2.33. The van der Waals surface area contributed by atoms with Gasteiger partial charge >= 0.3 is 0 Å². The Bertz CT molecular complexity index is 1170. The van der Waals surface area contributed by atoms with Gasteiger partial charge in [0.2, 0.25) is 0 Å². The number of carbonyl (C=O) groups excluding carboxylic acids is 1. The van der Waals surface area contributed by atoms with Crippen LogP contribution in [0.1, 0.15) is 31.0 Å². The minimum absolute atomic E-state index is 0.0159. The molecule has 1 saturated heterocycles. The quantitative estimate of drug-likeness (QED) is 0.746. The van der Waals surface area contributed by atoms with Crippen LogP contribution in [0.25, 0.3) is 11.2 Å². The first-order chi connectivity index (χ1) is 15.1. The van der Waals surface area contributed by atoms with Crippen LogP contribution in [0, 0.1) is 12.8 Å². The van der Waals surface area contributed by atoms with E-state index in [-0.39, 0.29) is 5.91 Å². The van der Waals surface area contributed by atoms with Crippen molar-refractivity contribution in [1.82, 2.24) is 19.2 Å². The molecule has 0 unspecified atom stereocenters. The summed E-state index contributed by atoms with van der Waals surface area (Å²) in [6, 6.07) is 4.06. The van der Waals surface area contributed by atoms with Crippen LogP contribution in [-0.2, 0) is 4.79 Å². The molecule has 5 rings (SSSR count). The van der Waals surface area contributed by atoms with E-state index in [4.69, 9.17) is 0 Å². The average molecular weight is 413 g/mol. The third kappa shape index (κ3) is 3.93. The number of fused-ring (bicyclic) bond motifs is 2. The summed E-state index contributed by atoms with van der Waals surface area (Å²) in [7, 11) is 0. The van der Waals surface area contributed by atoms with Crippen molar-refractivity contribution >= 4 is 17.1 Å². The van der Waals surface area contributed by atoms with Gasteiger partial charge in [0.25, 0.3) is 5.91 Å². The van der Waals surface area contributed by atoms with Crippen molar-refractivity contribution in [3.63, 3.8) is 0 Å². The molecule has 1 fully saturated rings. The number of likely N-dealkylation sites (tertiary alicyclic amines) is 1. The van der Waals surface area contributed by atoms with Crippen molar-refractivity contribution in [2.75, 3.05) is 19.6 Å². The van der Waals surface area contributed by atoms with E-state index in [2.05, 4.69) is 35.2 Å². The number of hydrogen-bond acceptors (Lipinski definition) is 3. The van der Waals surface area contributed by atoms with Crippen LogP contribution in [-0.4, -0.2) is 44.7 Å². The van der Waals surface area contributed by atoms with Crippen LogP contribution in [0.5, 0.6) is 0 Å². The number of aromatic nitrogens is 2. The molecule has 158 valence electrons. The Morgan fingerprint density at radius 1 is 1.16 bits per heavy atom. The summed E-state index contributed by atoms with van der Waals surface area (Å²) in [4.78, 5) is 22.1. The number of allylic oxidation sites excluding steroid dienone is 7. The molecular weight excluding hydrogens is 384 g/mol. The lowest BCUT2D eigenvalue weighted by molar-refractivity contribution is -0.122. The van der Waals surface area contributed by atoms with E-state index >= 15 is 0 Å². The molecule has 0 N–H and O–H groups in total. The molecule has 0 aliphatic carbocycles. The van der Waals surface area contributed by atoms with Crippen molar-refractivity contribution in [3.05, 3.63) is 89.7 Å². The Morgan fingerprint density at radius 2 is 2.00 bits per heavy atom. The van der Waals surface area contributed by atoms with E-state index in [1.165, 1.54) is 5.57 Å². The monoisotopic (exact) mass is 412 g/mol. The second kappa shape index (κ2) is 8.16. The molecule has 2 aromatic heterocycles. The highest BCUT2D eigenvalue weighted by Crippen LogP contribution is 2.31. The molecule has 0 saturated carbocycles. The second-order valence-corrected chi connectivity index (χ2v) is 8.49. The second-order valence-electron chi connectivity index (χ2n) is 8.49. The summed E-state index contributed by atoms with van der Waals surface area (Å²) in [5.74, 6) is 0.502. The molecule has 3 aliphatic rings. The van der Waals surface area contributed by atoms with Gasteiger partial charge in [0, 0.05) is 30.4 Å². The highest BCUT2D eigenvalue weighted by Gasteiger charge is 2.25. The number of amides is 1. The normalized spacial score (nSPS) is 23.0. The van der Waals surface area contributed by atoms with Crippen LogP contribution >= 0.6 is 0 Å². The lowest BCUT2D eigenvalue weighted by atomic mass is 9.88. The number of piperidine rings is 1. The zero-order valence-electron chi connectivity index (χ0n) is 18.2. The molecular formula is C26H28N4O. The molecule has 3 aliphatic heterocycles. The summed E-state index contributed by atoms with van der Waals surface area (Å²) >= 11 is 0. The molecule has 1 amide bonds. The van der Waals surface area contributed by atoms with Gasteiger partial charge in [0.05, 0.1) is 5.69 Å². The summed E-state index contributed by atoms with van der Waals surface area (Å²) in [6.07, 6.45) is 20.4. The third-order valence-electron chi connectivity index (χ3n) is 6.48. The molecule has 5 heterocycles. The number of imidazole rings is 1. The topological polar surface area (TPSA) is 40.9 Å². The van der Waals surface area contributed by atoms with Gasteiger partial charge in [-0.05, 0) is 86.3 Å². The fourth-order valence-electron chi connectivity index (χ4n) is 4.65. The van der Waals surface area contributed by atoms with E-state index in [0.29, 0.717) is 5.92 Å². The van der Waals surface area contributed by atoms with Gasteiger partial charge in [-0.1, -0.05) is 25.2 Å². The Morgan fingerprint density at radius 3 is 2.81 bits per heavy atom. The smallest absolute Gasteiger partial charge is 0.255 e. The van der Waals surface area contributed by atoms with Crippen LogP contribution in [0.15, 0.2) is 78.5 Å². The minimum Gasteiger partial charge on any atom is -0.307 e. The highest BCUT2D eigenvalue weighted by molar-refractivity contribution is 6.00. The maximum Gasteiger partial charge on any atom is 0.255 e. The van der Waals surface area contributed by atoms with E-state index in [1.54, 1.807) is 11.0 Å². The standard InChI is InChI=1S/C26H28N4O/c1-3-28-12-9-20(10-13-28)23-7-8-24-6-4-5-21(16-26(31)30(24)18-23)22-11-14-29-17-19(2)27-25(29)15-22/h4-8,11,14-18,20H,3,9-10,12-13H2,1-2H3/b5-4+,21-16+,24-6?. The molecule has 31 heavy (non-hydrogen) atoms. The average Bonchev–Trinajstić information content (AvgIpc) is 3.16. The van der Waals surface area contributed by atoms with Gasteiger partial charge in [0.15, 0.2) is 0 Å². The first-order valence-electron chi connectivity index (χ1n) is 11.1. The largest absolute Gasteiger partial charge is 0.307 e. The third-order valence-corrected chi connectivity index (χ3v) is 6.48. The van der Waals surface area contributed by atoms with Crippen molar-refractivity contribution in [2.24, 2.45) is 5.92 Å². The van der Waals surface area contributed by atoms with Gasteiger partial charge in [-0.2, -0.15) is 0 Å². The first kappa shape index (κ1) is 19.8. The Labute approximate surface area is 183 Å². The van der Waals surface area contributed by atoms with Crippen LogP contribution < -0.4 is 0 Å². The number of aryl methyl sites for hydroxylation is 1. The number of hydrogen-bond donors (Lipinski definition) is 0. The fraction of sp³-hybridized carbons (Fsp3) is 0.308. The van der Waals surface area contributed by atoms with Crippen LogP contribution in [0.2, 0.25) is 0 Å². The van der Waals surface area contributed by atoms with Gasteiger partial charge in [-0.25, -0.2) is 4.98 Å². The van der Waals surface area contributed by atoms with Crippen molar-refractivity contribution < 1.29 is 4.79 Å². The summed E-state index contributed by atoms with van der Waals surface area (Å²) in [5.41, 5.74) is 5.91. The Hall–Kier alpha value is -3.18. The molecule has 0 bridgehead atoms. The zero-order chi connectivity index (χ0) is 21.4. The summed E-state index contributed by atoms with van der Waals surface area (Å²) in [5, 5.41) is 0. The Kier molecular flexibility index (Phi) is 5.20. The zero-order valence-corrected chi connectivity index (χ0v) is 18.2. The molecule has 0 radical (unpaired) electrons. The summed E-state index contributed by atoms with van der Waals surface area (Å²) in [6.45, 7) is 7.58. The molecule has 0 atom stereocenters. The van der Waals surface area contributed by atoms with Gasteiger partial charge in [-0.3, -0.25) is 9.69 Å². The van der Waals surface area contributed by atoms with E-state index in [1.807, 2.05) is 54.1 Å². The van der Waals surface area contributed by atoms with Crippen LogP contribution in [0.4, 0.5) is 0 Å². The van der Waals surface area contributed by atoms with Gasteiger partial charge in [-0.15, -0.1) is 0 Å². The van der Waals surface area contributed by atoms with Crippen molar-refractivity contribution in [3.8, 4) is 0 Å². The van der Waals surface area contributed by atoms with Crippen molar-refractivity contribution in [2.45, 2.75) is 26.7 Å². The summed E-state index contributed by atoms with van der Waals surface area (Å²) < 4.78 is 2.00. The van der Waals surface area contributed by atoms with Gasteiger partial charge < -0.3 is 9.30 Å². The van der Waals surface area contributed by atoms with Crippen LogP contribution in [0.3, 0.4) is 0 Å². The number of rotatable bonds is 3. The predicted octanol–water partition coefficient (Wildman–Crippen LogP) is 4.49. The fourth-order valence-corrected chi connectivity index (χ4v) is 4.65. The van der Waals surface area contributed by atoms with E-state index < -0.39 is 0 Å². The number of carbonyl (C=O) groups is 1. The van der Waals surface area contributed by atoms with Crippen molar-refractivity contribution in [1.29, 1.82) is 0 Å². The maximum atomic E-state index is 13.2. The van der Waals surface area contributed by atoms with E-state index in [0.717, 1.165) is 60.7 Å². The first-order valence-corrected chi connectivity index (χ1v) is 11.1. The molecule has 2 aromatic rings.